The molecular formula is C20H17ClFNO3S2. The van der Waals surface area contributed by atoms with Crippen LogP contribution in [0.25, 0.3) is 10.4 Å². The molecule has 4 nitrogen and oxygen atoms in total. The van der Waals surface area contributed by atoms with Gasteiger partial charge in [-0.2, -0.15) is 0 Å². The van der Waals surface area contributed by atoms with Gasteiger partial charge in [0.1, 0.15) is 0 Å². The molecule has 1 amide bonds. The number of hydrogen-bond donors (Lipinski definition) is 1. The molecule has 8 heteroatoms. The largest absolute Gasteiger partial charge is 0.352 e. The third kappa shape index (κ3) is 4.79. The van der Waals surface area contributed by atoms with E-state index in [1.807, 2.05) is 17.5 Å². The molecule has 3 rings (SSSR count). The lowest BCUT2D eigenvalue weighted by Crippen LogP contribution is -2.27. The summed E-state index contributed by atoms with van der Waals surface area (Å²) in [6.07, 6.45) is 0.211. The zero-order valence-corrected chi connectivity index (χ0v) is 17.1. The van der Waals surface area contributed by atoms with E-state index in [2.05, 4.69) is 5.32 Å². The van der Waals surface area contributed by atoms with Crippen molar-refractivity contribution < 1.29 is 17.6 Å². The summed E-state index contributed by atoms with van der Waals surface area (Å²) < 4.78 is 38.8. The fourth-order valence-corrected chi connectivity index (χ4v) is 4.91. The zero-order chi connectivity index (χ0) is 20.1. The Morgan fingerprint density at radius 1 is 1.11 bits per heavy atom. The second kappa shape index (κ2) is 8.86. The number of carbonyl (C=O) groups excluding carboxylic acids is 1. The van der Waals surface area contributed by atoms with Gasteiger partial charge < -0.3 is 5.32 Å². The number of nitrogens with one attached hydrogen (secondary N) is 1. The summed E-state index contributed by atoms with van der Waals surface area (Å²) in [4.78, 5) is 13.5. The van der Waals surface area contributed by atoms with E-state index in [1.54, 1.807) is 18.2 Å². The van der Waals surface area contributed by atoms with Gasteiger partial charge in [0.15, 0.2) is 15.7 Å². The molecule has 1 N–H and O–H groups in total. The maximum Gasteiger partial charge on any atom is 0.254 e. The number of sulfone groups is 1. The number of thiophene rings is 1. The third-order valence-electron chi connectivity index (χ3n) is 4.06. The van der Waals surface area contributed by atoms with Gasteiger partial charge in [0.2, 0.25) is 0 Å². The summed E-state index contributed by atoms with van der Waals surface area (Å²) in [7, 11) is -3.42. The van der Waals surface area contributed by atoms with Crippen LogP contribution in [-0.2, 0) is 9.84 Å². The Labute approximate surface area is 171 Å². The van der Waals surface area contributed by atoms with Gasteiger partial charge in [-0.1, -0.05) is 35.9 Å². The van der Waals surface area contributed by atoms with Crippen LogP contribution in [0.5, 0.6) is 0 Å². The molecule has 0 aliphatic carbocycles. The Morgan fingerprint density at radius 2 is 1.86 bits per heavy atom. The van der Waals surface area contributed by atoms with E-state index < -0.39 is 21.6 Å². The smallest absolute Gasteiger partial charge is 0.254 e. The van der Waals surface area contributed by atoms with Gasteiger partial charge in [0.05, 0.1) is 21.2 Å². The zero-order valence-electron chi connectivity index (χ0n) is 14.7. The SMILES string of the molecule is O=C(NCCCS(=O)(=O)c1ccccc1)c1cc(-c2cccs2)cc(Cl)c1F. The molecule has 3 aromatic rings. The first-order valence-electron chi connectivity index (χ1n) is 8.47. The fraction of sp³-hybridized carbons (Fsp3) is 0.150. The van der Waals surface area contributed by atoms with E-state index in [9.17, 15) is 17.6 Å². The highest BCUT2D eigenvalue weighted by molar-refractivity contribution is 7.91. The lowest BCUT2D eigenvalue weighted by molar-refractivity contribution is 0.0949. The molecule has 1 aromatic heterocycles. The van der Waals surface area contributed by atoms with Gasteiger partial charge >= 0.3 is 0 Å². The van der Waals surface area contributed by atoms with Crippen molar-refractivity contribution in [3.8, 4) is 10.4 Å². The fourth-order valence-electron chi connectivity index (χ4n) is 2.64. The first-order valence-corrected chi connectivity index (χ1v) is 11.4. The number of amides is 1. The van der Waals surface area contributed by atoms with Gasteiger partial charge in [-0.3, -0.25) is 4.79 Å². The summed E-state index contributed by atoms with van der Waals surface area (Å²) >= 11 is 7.39. The van der Waals surface area contributed by atoms with Gasteiger partial charge in [-0.05, 0) is 47.7 Å². The van der Waals surface area contributed by atoms with E-state index in [0.717, 1.165) is 4.88 Å². The van der Waals surface area contributed by atoms with Gasteiger partial charge in [0.25, 0.3) is 5.91 Å². The third-order valence-corrected chi connectivity index (χ3v) is 7.07. The van der Waals surface area contributed by atoms with E-state index in [1.165, 1.54) is 35.6 Å². The lowest BCUT2D eigenvalue weighted by Gasteiger charge is -2.09. The Bertz CT molecular complexity index is 1070. The molecule has 0 bridgehead atoms. The van der Waals surface area contributed by atoms with Crippen LogP contribution >= 0.6 is 22.9 Å². The average Bonchev–Trinajstić information content (AvgIpc) is 3.22. The topological polar surface area (TPSA) is 63.2 Å². The first kappa shape index (κ1) is 20.5. The van der Waals surface area contributed by atoms with Crippen LogP contribution in [0.1, 0.15) is 16.8 Å². The Hall–Kier alpha value is -2.22. The molecule has 0 saturated carbocycles. The maximum atomic E-state index is 14.3. The quantitative estimate of drug-likeness (QED) is 0.540. The normalized spacial score (nSPS) is 11.4. The van der Waals surface area contributed by atoms with Crippen LogP contribution in [0.15, 0.2) is 64.9 Å². The molecule has 2 aromatic carbocycles. The van der Waals surface area contributed by atoms with Crippen molar-refractivity contribution in [2.75, 3.05) is 12.3 Å². The summed E-state index contributed by atoms with van der Waals surface area (Å²) in [6.45, 7) is 0.102. The number of rotatable bonds is 7. The number of halogens is 2. The standard InChI is InChI=1S/C20H17ClFNO3S2/c21-17-13-14(18-8-4-10-27-18)12-16(19(17)22)20(24)23-9-5-11-28(25,26)15-6-2-1-3-7-15/h1-4,6-8,10,12-13H,5,9,11H2,(H,23,24). The highest BCUT2D eigenvalue weighted by atomic mass is 35.5. The van der Waals surface area contributed by atoms with Crippen LogP contribution in [0, 0.1) is 5.82 Å². The molecule has 0 radical (unpaired) electrons. The minimum Gasteiger partial charge on any atom is -0.352 e. The number of carbonyl (C=O) groups is 1. The van der Waals surface area contributed by atoms with E-state index in [4.69, 9.17) is 11.6 Å². The minimum absolute atomic E-state index is 0.102. The predicted molar refractivity (Wildman–Crippen MR) is 110 cm³/mol. The summed E-state index contributed by atoms with van der Waals surface area (Å²) in [5, 5.41) is 4.30. The van der Waals surface area contributed by atoms with E-state index >= 15 is 0 Å². The molecule has 0 unspecified atom stereocenters. The van der Waals surface area contributed by atoms with Gasteiger partial charge in [-0.25, -0.2) is 12.8 Å². The van der Waals surface area contributed by atoms with Crippen LogP contribution < -0.4 is 5.32 Å². The van der Waals surface area contributed by atoms with Crippen molar-refractivity contribution in [2.45, 2.75) is 11.3 Å². The molecule has 0 aliphatic heterocycles. The predicted octanol–water partition coefficient (Wildman–Crippen LogP) is 4.80. The average molecular weight is 438 g/mol. The van der Waals surface area contributed by atoms with Crippen molar-refractivity contribution in [3.63, 3.8) is 0 Å². The molecular weight excluding hydrogens is 421 g/mol. The van der Waals surface area contributed by atoms with Crippen molar-refractivity contribution >= 4 is 38.7 Å². The van der Waals surface area contributed by atoms with Gasteiger partial charge in [0, 0.05) is 11.4 Å². The minimum atomic E-state index is -3.42. The van der Waals surface area contributed by atoms with Crippen molar-refractivity contribution in [1.82, 2.24) is 5.32 Å². The highest BCUT2D eigenvalue weighted by Crippen LogP contribution is 2.30. The van der Waals surface area contributed by atoms with Crippen molar-refractivity contribution in [3.05, 3.63) is 76.4 Å². The molecule has 0 spiro atoms. The number of hydrogen-bond acceptors (Lipinski definition) is 4. The molecule has 0 saturated heterocycles. The van der Waals surface area contributed by atoms with Gasteiger partial charge in [-0.15, -0.1) is 11.3 Å². The second-order valence-corrected chi connectivity index (χ2v) is 9.50. The molecule has 1 heterocycles. The van der Waals surface area contributed by atoms with Crippen LogP contribution in [0.2, 0.25) is 5.02 Å². The molecule has 0 atom stereocenters. The van der Waals surface area contributed by atoms with Crippen LogP contribution in [0.4, 0.5) is 4.39 Å². The number of benzene rings is 2. The van der Waals surface area contributed by atoms with Crippen LogP contribution in [-0.4, -0.2) is 26.6 Å². The Morgan fingerprint density at radius 3 is 2.54 bits per heavy atom. The second-order valence-electron chi connectivity index (χ2n) is 6.04. The molecule has 0 fully saturated rings. The highest BCUT2D eigenvalue weighted by Gasteiger charge is 2.18. The summed E-state index contributed by atoms with van der Waals surface area (Å²) in [6, 6.07) is 14.7. The van der Waals surface area contributed by atoms with E-state index in [-0.39, 0.29) is 34.2 Å². The van der Waals surface area contributed by atoms with Crippen molar-refractivity contribution in [1.29, 1.82) is 0 Å². The molecule has 0 aliphatic rings. The van der Waals surface area contributed by atoms with Crippen molar-refractivity contribution in [2.24, 2.45) is 0 Å². The Kier molecular flexibility index (Phi) is 6.49. The lowest BCUT2D eigenvalue weighted by atomic mass is 10.1. The monoisotopic (exact) mass is 437 g/mol. The Balaban J connectivity index is 1.64. The van der Waals surface area contributed by atoms with E-state index in [0.29, 0.717) is 5.56 Å². The summed E-state index contributed by atoms with van der Waals surface area (Å²) in [5.41, 5.74) is 0.486. The molecule has 28 heavy (non-hydrogen) atoms. The first-order chi connectivity index (χ1) is 13.4. The van der Waals surface area contributed by atoms with Crippen LogP contribution in [0.3, 0.4) is 0 Å². The maximum absolute atomic E-state index is 14.3. The molecule has 146 valence electrons. The summed E-state index contributed by atoms with van der Waals surface area (Å²) in [5.74, 6) is -1.54.